The van der Waals surface area contributed by atoms with Crippen molar-refractivity contribution >= 4 is 17.6 Å². The van der Waals surface area contributed by atoms with Crippen LogP contribution in [0, 0.1) is 25.2 Å². The molecule has 36 heavy (non-hydrogen) atoms. The monoisotopic (exact) mass is 518 g/mol. The van der Waals surface area contributed by atoms with E-state index in [0.29, 0.717) is 11.1 Å². The van der Waals surface area contributed by atoms with Gasteiger partial charge in [0, 0.05) is 23.2 Å². The van der Waals surface area contributed by atoms with Gasteiger partial charge in [-0.2, -0.15) is 18.4 Å². The summed E-state index contributed by atoms with van der Waals surface area (Å²) >= 11 is 6.35. The van der Waals surface area contributed by atoms with Gasteiger partial charge in [0.2, 0.25) is 5.88 Å². The number of aliphatic hydroxyl groups is 1. The molecule has 0 aliphatic heterocycles. The summed E-state index contributed by atoms with van der Waals surface area (Å²) in [5.41, 5.74) is -2.52. The maximum absolute atomic E-state index is 14.4. The van der Waals surface area contributed by atoms with E-state index in [1.807, 2.05) is 6.07 Å². The van der Waals surface area contributed by atoms with E-state index < -0.39 is 23.7 Å². The molecule has 1 heterocycles. The van der Waals surface area contributed by atoms with Crippen LogP contribution in [0.4, 0.5) is 13.2 Å². The molecule has 2 unspecified atom stereocenters. The molecule has 3 rings (SSSR count). The minimum absolute atomic E-state index is 0.0394. The van der Waals surface area contributed by atoms with Crippen molar-refractivity contribution in [3.05, 3.63) is 87.1 Å². The summed E-state index contributed by atoms with van der Waals surface area (Å²) in [6, 6.07) is 11.2. The van der Waals surface area contributed by atoms with Gasteiger partial charge in [-0.1, -0.05) is 36.7 Å². The highest BCUT2D eigenvalue weighted by molar-refractivity contribution is 6.31. The first-order valence-electron chi connectivity index (χ1n) is 10.7. The van der Waals surface area contributed by atoms with Crippen LogP contribution in [0.15, 0.2) is 48.7 Å². The van der Waals surface area contributed by atoms with Crippen LogP contribution in [0.25, 0.3) is 0 Å². The predicted molar refractivity (Wildman–Crippen MR) is 126 cm³/mol. The van der Waals surface area contributed by atoms with Crippen LogP contribution in [0.1, 0.15) is 51.0 Å². The van der Waals surface area contributed by atoms with Gasteiger partial charge >= 0.3 is 12.1 Å². The number of aryl methyl sites for hydroxylation is 2. The van der Waals surface area contributed by atoms with Gasteiger partial charge < -0.3 is 14.6 Å². The SMILES string of the molecule is COC(=O)c1ccc(Oc2ccc(C(C)C(O)(c3cc(C)c(C#N)c(C)c3)C(F)(F)F)c(Cl)c2)nc1. The number of ether oxygens (including phenoxy) is 2. The van der Waals surface area contributed by atoms with Gasteiger partial charge in [0.25, 0.3) is 0 Å². The molecule has 0 aliphatic carbocycles. The maximum Gasteiger partial charge on any atom is 0.422 e. The van der Waals surface area contributed by atoms with Crippen LogP contribution < -0.4 is 4.74 Å². The number of aromatic nitrogens is 1. The molecule has 0 saturated carbocycles. The normalized spacial score (nSPS) is 13.9. The summed E-state index contributed by atoms with van der Waals surface area (Å²) in [6.07, 6.45) is -3.80. The highest BCUT2D eigenvalue weighted by Crippen LogP contribution is 2.50. The molecule has 6 nitrogen and oxygen atoms in total. The van der Waals surface area contributed by atoms with E-state index in [0.717, 1.165) is 0 Å². The number of carbonyl (C=O) groups is 1. The molecule has 0 amide bonds. The van der Waals surface area contributed by atoms with Crippen LogP contribution >= 0.6 is 11.6 Å². The fraction of sp³-hybridized carbons (Fsp3) is 0.269. The molecule has 2 atom stereocenters. The Labute approximate surface area is 210 Å². The van der Waals surface area contributed by atoms with E-state index in [1.165, 1.54) is 76.5 Å². The summed E-state index contributed by atoms with van der Waals surface area (Å²) in [6.45, 7) is 4.26. The minimum atomic E-state index is -5.05. The summed E-state index contributed by atoms with van der Waals surface area (Å²) in [4.78, 5) is 15.5. The quantitative estimate of drug-likeness (QED) is 0.382. The van der Waals surface area contributed by atoms with Crippen LogP contribution in [0.2, 0.25) is 5.02 Å². The van der Waals surface area contributed by atoms with Crippen molar-refractivity contribution in [2.45, 2.75) is 38.5 Å². The van der Waals surface area contributed by atoms with E-state index >= 15 is 0 Å². The Morgan fingerprint density at radius 1 is 1.14 bits per heavy atom. The molecule has 10 heteroatoms. The Morgan fingerprint density at radius 3 is 2.25 bits per heavy atom. The Bertz CT molecular complexity index is 1310. The minimum Gasteiger partial charge on any atom is -0.465 e. The van der Waals surface area contributed by atoms with Crippen molar-refractivity contribution in [3.63, 3.8) is 0 Å². The summed E-state index contributed by atoms with van der Waals surface area (Å²) in [7, 11) is 1.24. The van der Waals surface area contributed by atoms with Crippen molar-refractivity contribution in [2.75, 3.05) is 7.11 Å². The molecule has 0 bridgehead atoms. The van der Waals surface area contributed by atoms with E-state index in [1.54, 1.807) is 0 Å². The fourth-order valence-corrected chi connectivity index (χ4v) is 4.30. The largest absolute Gasteiger partial charge is 0.465 e. The van der Waals surface area contributed by atoms with Gasteiger partial charge in [0.15, 0.2) is 5.60 Å². The third-order valence-electron chi connectivity index (χ3n) is 5.96. The van der Waals surface area contributed by atoms with Gasteiger partial charge in [-0.3, -0.25) is 0 Å². The van der Waals surface area contributed by atoms with Crippen molar-refractivity contribution in [1.29, 1.82) is 5.26 Å². The third-order valence-corrected chi connectivity index (χ3v) is 6.29. The second-order valence-electron chi connectivity index (χ2n) is 8.24. The van der Waals surface area contributed by atoms with E-state index in [-0.39, 0.29) is 38.9 Å². The van der Waals surface area contributed by atoms with Gasteiger partial charge in [0.1, 0.15) is 5.75 Å². The molecule has 1 N–H and O–H groups in total. The number of hydrogen-bond acceptors (Lipinski definition) is 6. The molecule has 0 aliphatic rings. The van der Waals surface area contributed by atoms with Gasteiger partial charge in [-0.25, -0.2) is 9.78 Å². The van der Waals surface area contributed by atoms with Crippen molar-refractivity contribution < 1.29 is 32.5 Å². The number of carbonyl (C=O) groups excluding carboxylic acids is 1. The first kappa shape index (κ1) is 27.0. The number of nitrogens with zero attached hydrogens (tertiary/aromatic N) is 2. The zero-order valence-corrected chi connectivity index (χ0v) is 20.5. The molecule has 1 aromatic heterocycles. The molecular weight excluding hydrogens is 497 g/mol. The molecule has 0 radical (unpaired) electrons. The molecule has 0 spiro atoms. The van der Waals surface area contributed by atoms with Crippen LogP contribution in [0.5, 0.6) is 11.6 Å². The molecule has 0 fully saturated rings. The first-order chi connectivity index (χ1) is 16.8. The summed E-state index contributed by atoms with van der Waals surface area (Å²) in [5, 5.41) is 20.3. The lowest BCUT2D eigenvalue weighted by Gasteiger charge is -2.37. The molecule has 0 saturated heterocycles. The third kappa shape index (κ3) is 5.01. The van der Waals surface area contributed by atoms with Gasteiger partial charge in [0.05, 0.1) is 24.3 Å². The zero-order valence-electron chi connectivity index (χ0n) is 19.8. The predicted octanol–water partition coefficient (Wildman–Crippen LogP) is 6.36. The average molecular weight is 519 g/mol. The standard InChI is InChI=1S/C26H22ClF3N2O4/c1-14-9-18(10-15(2)21(14)12-31)25(34,26(28,29)30)16(3)20-7-6-19(11-22(20)27)36-23-8-5-17(13-32-23)24(33)35-4/h5-11,13,16,34H,1-4H3. The average Bonchev–Trinajstić information content (AvgIpc) is 2.82. The molecular formula is C26H22ClF3N2O4. The summed E-state index contributed by atoms with van der Waals surface area (Å²) < 4.78 is 53.3. The second-order valence-corrected chi connectivity index (χ2v) is 8.65. The van der Waals surface area contributed by atoms with Crippen LogP contribution in [0.3, 0.4) is 0 Å². The van der Waals surface area contributed by atoms with E-state index in [4.69, 9.17) is 16.3 Å². The number of methoxy groups -OCH3 is 1. The Morgan fingerprint density at radius 2 is 1.78 bits per heavy atom. The number of rotatable bonds is 6. The Kier molecular flexibility index (Phi) is 7.62. The maximum atomic E-state index is 14.4. The zero-order chi connectivity index (χ0) is 26.8. The lowest BCUT2D eigenvalue weighted by atomic mass is 9.76. The molecule has 188 valence electrons. The topological polar surface area (TPSA) is 92.4 Å². The molecule has 2 aromatic carbocycles. The number of alkyl halides is 3. The van der Waals surface area contributed by atoms with Crippen molar-refractivity contribution in [1.82, 2.24) is 4.98 Å². The number of pyridine rings is 1. The highest BCUT2D eigenvalue weighted by atomic mass is 35.5. The van der Waals surface area contributed by atoms with Gasteiger partial charge in [-0.05, 0) is 54.3 Å². The summed E-state index contributed by atoms with van der Waals surface area (Å²) in [5.74, 6) is -1.77. The van der Waals surface area contributed by atoms with Crippen LogP contribution in [-0.4, -0.2) is 29.3 Å². The van der Waals surface area contributed by atoms with Crippen LogP contribution in [-0.2, 0) is 10.3 Å². The first-order valence-corrected chi connectivity index (χ1v) is 11.0. The Hall–Kier alpha value is -3.61. The number of benzene rings is 2. The van der Waals surface area contributed by atoms with Crippen molar-refractivity contribution in [2.24, 2.45) is 0 Å². The fourth-order valence-electron chi connectivity index (χ4n) is 3.97. The van der Waals surface area contributed by atoms with E-state index in [9.17, 15) is 28.3 Å². The van der Waals surface area contributed by atoms with Crippen molar-refractivity contribution in [3.8, 4) is 17.7 Å². The van der Waals surface area contributed by atoms with E-state index in [2.05, 4.69) is 9.72 Å². The lowest BCUT2D eigenvalue weighted by molar-refractivity contribution is -0.274. The number of hydrogen-bond donors (Lipinski definition) is 1. The number of esters is 1. The van der Waals surface area contributed by atoms with Gasteiger partial charge in [-0.15, -0.1) is 0 Å². The second kappa shape index (κ2) is 10.2. The Balaban J connectivity index is 1.97. The highest BCUT2D eigenvalue weighted by Gasteiger charge is 2.59. The molecule has 3 aromatic rings. The lowest BCUT2D eigenvalue weighted by Crippen LogP contribution is -2.46. The smallest absolute Gasteiger partial charge is 0.422 e. The number of halogens is 4. The number of nitriles is 1.